The maximum atomic E-state index is 11.6. The van der Waals surface area contributed by atoms with Crippen molar-refractivity contribution in [1.82, 2.24) is 5.32 Å². The lowest BCUT2D eigenvalue weighted by Crippen LogP contribution is -2.24. The third kappa shape index (κ3) is 3.29. The fraction of sp³-hybridized carbons (Fsp3) is 0.182. The van der Waals surface area contributed by atoms with E-state index in [4.69, 9.17) is 11.6 Å². The zero-order valence-electron chi connectivity index (χ0n) is 8.16. The average molecular weight is 226 g/mol. The molecule has 0 bridgehead atoms. The lowest BCUT2D eigenvalue weighted by Gasteiger charge is -2.05. The minimum absolute atomic E-state index is 0.0215. The second kappa shape index (κ2) is 5.41. The van der Waals surface area contributed by atoms with Gasteiger partial charge in [-0.1, -0.05) is 17.7 Å². The Morgan fingerprint density at radius 1 is 1.60 bits per heavy atom. The van der Waals surface area contributed by atoms with Crippen LogP contribution in [0.25, 0.3) is 0 Å². The summed E-state index contributed by atoms with van der Waals surface area (Å²) < 4.78 is 0. The minimum atomic E-state index is -0.294. The molecule has 2 N–H and O–H groups in total. The first-order valence-corrected chi connectivity index (χ1v) is 4.90. The van der Waals surface area contributed by atoms with Gasteiger partial charge >= 0.3 is 0 Å². The zero-order valence-corrected chi connectivity index (χ0v) is 8.92. The second-order valence-corrected chi connectivity index (χ2v) is 3.40. The summed E-state index contributed by atoms with van der Waals surface area (Å²) in [5.74, 6) is -0.272. The fourth-order valence-corrected chi connectivity index (χ4v) is 1.27. The van der Waals surface area contributed by atoms with Crippen molar-refractivity contribution in [2.75, 3.05) is 6.54 Å². The van der Waals surface area contributed by atoms with Gasteiger partial charge in [-0.05, 0) is 24.6 Å². The standard InChI is InChI=1S/C11H12ClNO2/c1-2-3-6-13-11(15)9-7-8(14)4-5-10(9)12/h2,4-5,7,14H,1,3,6H2,(H,13,15). The van der Waals surface area contributed by atoms with E-state index in [1.165, 1.54) is 18.2 Å². The van der Waals surface area contributed by atoms with Gasteiger partial charge in [0.25, 0.3) is 5.91 Å². The third-order valence-corrected chi connectivity index (χ3v) is 2.16. The molecule has 3 nitrogen and oxygen atoms in total. The number of halogens is 1. The molecule has 1 rings (SSSR count). The van der Waals surface area contributed by atoms with Crippen molar-refractivity contribution in [2.24, 2.45) is 0 Å². The van der Waals surface area contributed by atoms with Crippen molar-refractivity contribution in [3.8, 4) is 5.75 Å². The lowest BCUT2D eigenvalue weighted by molar-refractivity contribution is 0.0954. The summed E-state index contributed by atoms with van der Waals surface area (Å²) in [6.45, 7) is 4.05. The van der Waals surface area contributed by atoms with E-state index in [1.807, 2.05) is 0 Å². The van der Waals surface area contributed by atoms with Crippen molar-refractivity contribution in [3.05, 3.63) is 41.4 Å². The van der Waals surface area contributed by atoms with Crippen molar-refractivity contribution >= 4 is 17.5 Å². The Morgan fingerprint density at radius 2 is 2.33 bits per heavy atom. The van der Waals surface area contributed by atoms with Crippen molar-refractivity contribution < 1.29 is 9.90 Å². The summed E-state index contributed by atoms with van der Waals surface area (Å²) in [6.07, 6.45) is 2.41. The Kier molecular flexibility index (Phi) is 4.18. The molecule has 1 amide bonds. The average Bonchev–Trinajstić information content (AvgIpc) is 2.22. The number of carbonyl (C=O) groups excluding carboxylic acids is 1. The van der Waals surface area contributed by atoms with Gasteiger partial charge in [-0.25, -0.2) is 0 Å². The number of carbonyl (C=O) groups is 1. The molecule has 0 aliphatic rings. The smallest absolute Gasteiger partial charge is 0.252 e. The molecule has 0 radical (unpaired) electrons. The number of hydrogen-bond donors (Lipinski definition) is 2. The van der Waals surface area contributed by atoms with Gasteiger partial charge in [-0.15, -0.1) is 6.58 Å². The second-order valence-electron chi connectivity index (χ2n) is 3.00. The van der Waals surface area contributed by atoms with Crippen LogP contribution in [0.1, 0.15) is 16.8 Å². The maximum Gasteiger partial charge on any atom is 0.252 e. The SMILES string of the molecule is C=CCCNC(=O)c1cc(O)ccc1Cl. The highest BCUT2D eigenvalue weighted by Crippen LogP contribution is 2.20. The number of phenolic OH excluding ortho intramolecular Hbond substituents is 1. The zero-order chi connectivity index (χ0) is 11.3. The monoisotopic (exact) mass is 225 g/mol. The lowest BCUT2D eigenvalue weighted by atomic mass is 10.2. The van der Waals surface area contributed by atoms with Gasteiger partial charge in [0, 0.05) is 6.54 Å². The van der Waals surface area contributed by atoms with Gasteiger partial charge in [-0.2, -0.15) is 0 Å². The molecular weight excluding hydrogens is 214 g/mol. The van der Waals surface area contributed by atoms with Crippen LogP contribution in [0, 0.1) is 0 Å². The van der Waals surface area contributed by atoms with E-state index in [2.05, 4.69) is 11.9 Å². The van der Waals surface area contributed by atoms with Crippen LogP contribution in [0.5, 0.6) is 5.75 Å². The molecule has 0 aromatic heterocycles. The first-order valence-electron chi connectivity index (χ1n) is 4.52. The first-order chi connectivity index (χ1) is 7.15. The van der Waals surface area contributed by atoms with E-state index in [9.17, 15) is 9.90 Å². The quantitative estimate of drug-likeness (QED) is 0.611. The van der Waals surface area contributed by atoms with Crippen LogP contribution in [0.2, 0.25) is 5.02 Å². The van der Waals surface area contributed by atoms with Gasteiger partial charge in [0.2, 0.25) is 0 Å². The van der Waals surface area contributed by atoms with Gasteiger partial charge < -0.3 is 10.4 Å². The minimum Gasteiger partial charge on any atom is -0.508 e. The van der Waals surface area contributed by atoms with Gasteiger partial charge in [0.1, 0.15) is 5.75 Å². The van der Waals surface area contributed by atoms with Gasteiger partial charge in [-0.3, -0.25) is 4.79 Å². The summed E-state index contributed by atoms with van der Waals surface area (Å²) in [5.41, 5.74) is 0.278. The van der Waals surface area contributed by atoms with Crippen molar-refractivity contribution in [3.63, 3.8) is 0 Å². The molecule has 15 heavy (non-hydrogen) atoms. The molecule has 0 spiro atoms. The summed E-state index contributed by atoms with van der Waals surface area (Å²) in [5, 5.41) is 12.2. The first kappa shape index (κ1) is 11.6. The van der Waals surface area contributed by atoms with E-state index >= 15 is 0 Å². The molecule has 4 heteroatoms. The highest BCUT2D eigenvalue weighted by molar-refractivity contribution is 6.33. The predicted octanol–water partition coefficient (Wildman–Crippen LogP) is 2.35. The van der Waals surface area contributed by atoms with Crippen LogP contribution in [0.3, 0.4) is 0 Å². The summed E-state index contributed by atoms with van der Waals surface area (Å²) >= 11 is 5.81. The molecule has 0 unspecified atom stereocenters. The van der Waals surface area contributed by atoms with Gasteiger partial charge in [0.15, 0.2) is 0 Å². The molecule has 0 fully saturated rings. The largest absolute Gasteiger partial charge is 0.508 e. The van der Waals surface area contributed by atoms with E-state index in [0.717, 1.165) is 0 Å². The third-order valence-electron chi connectivity index (χ3n) is 1.83. The molecule has 0 aliphatic heterocycles. The van der Waals surface area contributed by atoms with Crippen LogP contribution in [0.4, 0.5) is 0 Å². The predicted molar refractivity (Wildman–Crippen MR) is 60.3 cm³/mol. The number of benzene rings is 1. The van der Waals surface area contributed by atoms with Crippen LogP contribution in [-0.4, -0.2) is 17.6 Å². The van der Waals surface area contributed by atoms with Crippen LogP contribution in [-0.2, 0) is 0 Å². The molecule has 80 valence electrons. The van der Waals surface area contributed by atoms with Crippen LogP contribution >= 0.6 is 11.6 Å². The maximum absolute atomic E-state index is 11.6. The Balaban J connectivity index is 2.72. The van der Waals surface area contributed by atoms with E-state index < -0.39 is 0 Å². The van der Waals surface area contributed by atoms with E-state index in [1.54, 1.807) is 6.08 Å². The molecule has 1 aromatic rings. The molecule has 0 saturated carbocycles. The topological polar surface area (TPSA) is 49.3 Å². The molecular formula is C11H12ClNO2. The fourth-order valence-electron chi connectivity index (χ4n) is 1.07. The summed E-state index contributed by atoms with van der Waals surface area (Å²) in [6, 6.07) is 4.26. The Morgan fingerprint density at radius 3 is 3.00 bits per heavy atom. The Bertz CT molecular complexity index is 377. The number of phenols is 1. The highest BCUT2D eigenvalue weighted by Gasteiger charge is 2.09. The number of aromatic hydroxyl groups is 1. The molecule has 1 aromatic carbocycles. The molecule has 0 saturated heterocycles. The number of hydrogen-bond acceptors (Lipinski definition) is 2. The molecule has 0 atom stereocenters. The van der Waals surface area contributed by atoms with E-state index in [0.29, 0.717) is 18.0 Å². The highest BCUT2D eigenvalue weighted by atomic mass is 35.5. The van der Waals surface area contributed by atoms with Crippen LogP contribution < -0.4 is 5.32 Å². The van der Waals surface area contributed by atoms with Gasteiger partial charge in [0.05, 0.1) is 10.6 Å². The van der Waals surface area contributed by atoms with Crippen molar-refractivity contribution in [2.45, 2.75) is 6.42 Å². The van der Waals surface area contributed by atoms with E-state index in [-0.39, 0.29) is 17.2 Å². The molecule has 0 aliphatic carbocycles. The summed E-state index contributed by atoms with van der Waals surface area (Å²) in [7, 11) is 0. The normalized spacial score (nSPS) is 9.67. The Hall–Kier alpha value is -1.48. The number of amides is 1. The van der Waals surface area contributed by atoms with Crippen LogP contribution in [0.15, 0.2) is 30.9 Å². The number of rotatable bonds is 4. The summed E-state index contributed by atoms with van der Waals surface area (Å²) in [4.78, 5) is 11.6. The number of nitrogens with one attached hydrogen (secondary N) is 1. The Labute approximate surface area is 93.4 Å². The van der Waals surface area contributed by atoms with Crippen molar-refractivity contribution in [1.29, 1.82) is 0 Å². The molecule has 0 heterocycles.